The van der Waals surface area contributed by atoms with Crippen LogP contribution >= 0.6 is 0 Å². The van der Waals surface area contributed by atoms with E-state index in [9.17, 15) is 0 Å². The molecule has 0 rings (SSSR count). The summed E-state index contributed by atoms with van der Waals surface area (Å²) in [6.07, 6.45) is 0. The zero-order chi connectivity index (χ0) is 6.50. The molecule has 0 heterocycles. The standard InChI is InChI=1S/Cr.OSi.2H2O.2O/c;1-2;;;;/h;;2*1H2;;/q+2;;;;;/p-2. The maximum atomic E-state index is 8.82. The molecular formula is H2CrO5Si. The van der Waals surface area contributed by atoms with Gasteiger partial charge in [0.2, 0.25) is 0 Å². The molecule has 2 N–H and O–H groups in total. The second-order valence-electron chi connectivity index (χ2n) is 0.448. The molecule has 2 radical (unpaired) electrons. The van der Waals surface area contributed by atoms with E-state index in [1.165, 1.54) is 0 Å². The Labute approximate surface area is 44.8 Å². The van der Waals surface area contributed by atoms with Gasteiger partial charge in [-0.05, 0) is 0 Å². The Balaban J connectivity index is 0. The molecule has 0 aliphatic rings. The van der Waals surface area contributed by atoms with E-state index in [2.05, 4.69) is 0 Å². The van der Waals surface area contributed by atoms with Crippen molar-refractivity contribution in [3.05, 3.63) is 0 Å². The van der Waals surface area contributed by atoms with Crippen molar-refractivity contribution in [3.8, 4) is 0 Å². The molecule has 0 unspecified atom stereocenters. The van der Waals surface area contributed by atoms with Gasteiger partial charge in [0.15, 0.2) is 0 Å². The third kappa shape index (κ3) is 20900. The van der Waals surface area contributed by atoms with Gasteiger partial charge < -0.3 is 4.46 Å². The third-order valence-electron chi connectivity index (χ3n) is 0. The molecule has 0 saturated heterocycles. The topological polar surface area (TPSA) is 91.7 Å². The fourth-order valence-electron chi connectivity index (χ4n) is 0. The molecular weight excluding hydrogens is 160 g/mol. The Morgan fingerprint density at radius 1 is 1.14 bits per heavy atom. The van der Waals surface area contributed by atoms with Crippen LogP contribution in [0.4, 0.5) is 0 Å². The molecule has 0 aliphatic heterocycles. The number of hydrogen-bond acceptors (Lipinski definition) is 3. The first kappa shape index (κ1) is 10.1. The minimum atomic E-state index is -5.25. The van der Waals surface area contributed by atoms with E-state index >= 15 is 0 Å². The van der Waals surface area contributed by atoms with Gasteiger partial charge in [0.05, 0.1) is 0 Å². The summed E-state index contributed by atoms with van der Waals surface area (Å²) in [5.41, 5.74) is 0. The number of rotatable bonds is 0. The van der Waals surface area contributed by atoms with Crippen LogP contribution in [0.1, 0.15) is 0 Å². The first-order chi connectivity index (χ1) is 3.00. The molecule has 7 heavy (non-hydrogen) atoms. The molecule has 0 atom stereocenters. The van der Waals surface area contributed by atoms with Crippen LogP contribution in [0.2, 0.25) is 0 Å². The Hall–Kier alpha value is 0.0694. The Morgan fingerprint density at radius 3 is 1.14 bits per heavy atom. The van der Waals surface area contributed by atoms with E-state index < -0.39 is 13.6 Å². The van der Waals surface area contributed by atoms with Crippen molar-refractivity contribution in [2.24, 2.45) is 0 Å². The van der Waals surface area contributed by atoms with Crippen LogP contribution < -0.4 is 0 Å². The fraction of sp³-hybridized carbons (Fsp3) is 0. The van der Waals surface area contributed by atoms with E-state index in [-0.39, 0.29) is 0 Å². The summed E-state index contributed by atoms with van der Waals surface area (Å²) in [5.74, 6) is 0. The van der Waals surface area contributed by atoms with Gasteiger partial charge in [-0.15, -0.1) is 0 Å². The minimum absolute atomic E-state index is 1.72. The van der Waals surface area contributed by atoms with Crippen LogP contribution in [-0.2, 0) is 25.7 Å². The second kappa shape index (κ2) is 4.23. The quantitative estimate of drug-likeness (QED) is 0.408. The van der Waals surface area contributed by atoms with E-state index in [1.54, 1.807) is 10.1 Å². The molecule has 5 nitrogen and oxygen atoms in total. The first-order valence-corrected chi connectivity index (χ1v) is 3.49. The van der Waals surface area contributed by atoms with E-state index in [0.717, 1.165) is 0 Å². The summed E-state index contributed by atoms with van der Waals surface area (Å²) in [5, 5.41) is 0. The van der Waals surface area contributed by atoms with Crippen molar-refractivity contribution in [1.82, 2.24) is 0 Å². The second-order valence-corrected chi connectivity index (χ2v) is 1.85. The normalized spacial score (nSPS) is 8.86. The van der Waals surface area contributed by atoms with Crippen molar-refractivity contribution in [3.63, 3.8) is 0 Å². The van der Waals surface area contributed by atoms with Gasteiger partial charge >= 0.3 is 39.7 Å². The molecule has 7 heteroatoms. The zero-order valence-electron chi connectivity index (χ0n) is 3.03. The van der Waals surface area contributed by atoms with E-state index in [0.29, 0.717) is 0 Å². The third-order valence-corrected chi connectivity index (χ3v) is 0. The van der Waals surface area contributed by atoms with Crippen molar-refractivity contribution in [2.75, 3.05) is 0 Å². The van der Waals surface area contributed by atoms with E-state index in [1.807, 2.05) is 0 Å². The van der Waals surface area contributed by atoms with Crippen LogP contribution in [0.3, 0.4) is 0 Å². The molecule has 0 aromatic carbocycles. The van der Waals surface area contributed by atoms with Gasteiger partial charge in [-0.1, -0.05) is 0 Å². The fourth-order valence-corrected chi connectivity index (χ4v) is 0. The summed E-state index contributed by atoms with van der Waals surface area (Å²) in [6, 6.07) is 0. The van der Waals surface area contributed by atoms with E-state index in [4.69, 9.17) is 20.4 Å². The summed E-state index contributed by atoms with van der Waals surface area (Å²) in [7, 11) is 1.72. The summed E-state index contributed by atoms with van der Waals surface area (Å²) in [6.45, 7) is 0. The predicted octanol–water partition coefficient (Wildman–Crippen LogP) is -1.85. The molecule has 0 bridgehead atoms. The van der Waals surface area contributed by atoms with Crippen molar-refractivity contribution >= 4 is 10.1 Å². The van der Waals surface area contributed by atoms with Gasteiger partial charge in [0.1, 0.15) is 0 Å². The van der Waals surface area contributed by atoms with Crippen LogP contribution in [-0.4, -0.2) is 18.4 Å². The number of hydrogen-bond donors (Lipinski definition) is 2. The van der Waals surface area contributed by atoms with Crippen molar-refractivity contribution in [2.45, 2.75) is 0 Å². The zero-order valence-corrected chi connectivity index (χ0v) is 5.30. The van der Waals surface area contributed by atoms with Gasteiger partial charge in [-0.3, -0.25) is 0 Å². The average molecular weight is 162 g/mol. The van der Waals surface area contributed by atoms with Crippen molar-refractivity contribution < 1.29 is 34.0 Å². The molecule has 42 valence electrons. The Kier molecular flexibility index (Phi) is 6.13. The summed E-state index contributed by atoms with van der Waals surface area (Å²) >= 11 is -5.25. The molecule has 0 saturated carbocycles. The average Bonchev–Trinajstić information content (AvgIpc) is 1.36. The van der Waals surface area contributed by atoms with Gasteiger partial charge in [0.25, 0.3) is 0 Å². The molecule has 0 aromatic rings. The van der Waals surface area contributed by atoms with Crippen LogP contribution in [0.25, 0.3) is 0 Å². The summed E-state index contributed by atoms with van der Waals surface area (Å²) < 4.78 is 39.9. The van der Waals surface area contributed by atoms with Crippen LogP contribution in [0, 0.1) is 0 Å². The van der Waals surface area contributed by atoms with Gasteiger partial charge in [-0.2, -0.15) is 0 Å². The maximum absolute atomic E-state index is 8.82. The van der Waals surface area contributed by atoms with Crippen LogP contribution in [0.5, 0.6) is 0 Å². The van der Waals surface area contributed by atoms with Gasteiger partial charge in [-0.25, -0.2) is 0 Å². The SMILES string of the molecule is O=[Si].[O]=[Cr](=[O])([OH])[OH]. The first-order valence-electron chi connectivity index (χ1n) is 0.903. The molecule has 0 spiro atoms. The monoisotopic (exact) mass is 162 g/mol. The molecule has 0 fully saturated rings. The Bertz CT molecular complexity index is 102. The predicted molar refractivity (Wildman–Crippen MR) is 12.3 cm³/mol. The molecule has 0 aliphatic carbocycles. The molecule has 0 amide bonds. The summed E-state index contributed by atoms with van der Waals surface area (Å²) in [4.78, 5) is 0. The van der Waals surface area contributed by atoms with Crippen LogP contribution in [0.15, 0.2) is 0 Å². The van der Waals surface area contributed by atoms with Crippen molar-refractivity contribution in [1.29, 1.82) is 0 Å². The Morgan fingerprint density at radius 2 is 1.14 bits per heavy atom. The van der Waals surface area contributed by atoms with Gasteiger partial charge in [0, 0.05) is 0 Å². The molecule has 0 aromatic heterocycles.